The molecule has 1 aromatic heterocycles. The van der Waals surface area contributed by atoms with Gasteiger partial charge in [-0.25, -0.2) is 4.79 Å². The van der Waals surface area contributed by atoms with Gasteiger partial charge < -0.3 is 18.6 Å². The monoisotopic (exact) mass is 414 g/mol. The lowest BCUT2D eigenvalue weighted by Gasteiger charge is -2.18. The average molecular weight is 415 g/mol. The van der Waals surface area contributed by atoms with Gasteiger partial charge in [0.15, 0.2) is 5.75 Å². The Morgan fingerprint density at radius 1 is 1.00 bits per heavy atom. The maximum absolute atomic E-state index is 12.6. The molecule has 0 atom stereocenters. The molecule has 0 fully saturated rings. The van der Waals surface area contributed by atoms with E-state index in [0.29, 0.717) is 29.1 Å². The van der Waals surface area contributed by atoms with Gasteiger partial charge in [-0.2, -0.15) is 0 Å². The molecule has 0 bridgehead atoms. The van der Waals surface area contributed by atoms with Crippen LogP contribution in [0.4, 0.5) is 0 Å². The van der Waals surface area contributed by atoms with Crippen molar-refractivity contribution < 1.29 is 18.6 Å². The molecule has 5 nitrogen and oxygen atoms in total. The van der Waals surface area contributed by atoms with Crippen molar-refractivity contribution in [2.45, 2.75) is 73.5 Å². The minimum Gasteiger partial charge on any atom is -0.490 e. The van der Waals surface area contributed by atoms with Crippen LogP contribution in [-0.4, -0.2) is 18.8 Å². The van der Waals surface area contributed by atoms with Crippen LogP contribution in [0.5, 0.6) is 17.2 Å². The van der Waals surface area contributed by atoms with Gasteiger partial charge in [0, 0.05) is 0 Å². The van der Waals surface area contributed by atoms with Crippen LogP contribution in [0, 0.1) is 0 Å². The Labute approximate surface area is 179 Å². The Morgan fingerprint density at radius 3 is 2.33 bits per heavy atom. The maximum atomic E-state index is 12.6. The summed E-state index contributed by atoms with van der Waals surface area (Å²) >= 11 is 0. The van der Waals surface area contributed by atoms with Crippen LogP contribution < -0.4 is 19.8 Å². The fourth-order valence-electron chi connectivity index (χ4n) is 2.96. The zero-order valence-corrected chi connectivity index (χ0v) is 19.2. The summed E-state index contributed by atoms with van der Waals surface area (Å²) in [6, 6.07) is 5.37. The van der Waals surface area contributed by atoms with Crippen LogP contribution in [0.1, 0.15) is 61.3 Å². The quantitative estimate of drug-likeness (QED) is 0.331. The minimum atomic E-state index is -0.558. The van der Waals surface area contributed by atoms with Crippen LogP contribution in [0.3, 0.4) is 0 Å². The fraction of sp³-hybridized carbons (Fsp3) is 0.480. The Kier molecular flexibility index (Phi) is 8.58. The summed E-state index contributed by atoms with van der Waals surface area (Å²) in [6.45, 7) is 14.2. The van der Waals surface area contributed by atoms with Gasteiger partial charge in [0.05, 0.1) is 12.2 Å². The van der Waals surface area contributed by atoms with Gasteiger partial charge in [-0.3, -0.25) is 0 Å². The normalized spacial score (nSPS) is 11.8. The van der Waals surface area contributed by atoms with E-state index in [4.69, 9.17) is 18.6 Å². The summed E-state index contributed by atoms with van der Waals surface area (Å²) in [7, 11) is 0. The summed E-state index contributed by atoms with van der Waals surface area (Å²) in [4.78, 5) is 12.6. The van der Waals surface area contributed by atoms with Gasteiger partial charge in [0.2, 0.25) is 5.75 Å². The molecule has 0 aliphatic rings. The zero-order chi connectivity index (χ0) is 22.3. The molecule has 0 unspecified atom stereocenters. The largest absolute Gasteiger partial charge is 0.490 e. The second kappa shape index (κ2) is 10.9. The lowest BCUT2D eigenvalue weighted by atomic mass is 10.1. The van der Waals surface area contributed by atoms with E-state index < -0.39 is 5.63 Å². The highest BCUT2D eigenvalue weighted by molar-refractivity contribution is 5.91. The highest BCUT2D eigenvalue weighted by Crippen LogP contribution is 2.39. The van der Waals surface area contributed by atoms with E-state index >= 15 is 0 Å². The standard InChI is InChI=1S/C25H34O5/c1-16(2)10-8-11-19(7)14-15-27-23-22-20(28-17(3)4)12-9-13-21(22)30-25(26)24(23)29-18(5)6/h9-10,12-14,17-18H,8,11,15H2,1-7H3. The van der Waals surface area contributed by atoms with E-state index in [2.05, 4.69) is 26.8 Å². The lowest BCUT2D eigenvalue weighted by Crippen LogP contribution is -2.16. The highest BCUT2D eigenvalue weighted by atomic mass is 16.5. The Bertz CT molecular complexity index is 959. The second-order valence-electron chi connectivity index (χ2n) is 8.19. The fourth-order valence-corrected chi connectivity index (χ4v) is 2.96. The molecular weight excluding hydrogens is 380 g/mol. The molecule has 0 saturated heterocycles. The van der Waals surface area contributed by atoms with Crippen LogP contribution >= 0.6 is 0 Å². The van der Waals surface area contributed by atoms with Gasteiger partial charge in [-0.05, 0) is 79.5 Å². The first-order valence-corrected chi connectivity index (χ1v) is 10.5. The molecule has 164 valence electrons. The molecule has 0 saturated carbocycles. The van der Waals surface area contributed by atoms with Crippen LogP contribution in [-0.2, 0) is 0 Å². The van der Waals surface area contributed by atoms with E-state index in [9.17, 15) is 4.79 Å². The number of rotatable bonds is 10. The Hall–Kier alpha value is -2.69. The van der Waals surface area contributed by atoms with Crippen LogP contribution in [0.25, 0.3) is 11.0 Å². The molecule has 0 spiro atoms. The number of ether oxygens (including phenoxy) is 3. The zero-order valence-electron chi connectivity index (χ0n) is 19.2. The van der Waals surface area contributed by atoms with Crippen LogP contribution in [0.15, 0.2) is 50.7 Å². The molecular formula is C25H34O5. The van der Waals surface area contributed by atoms with Gasteiger partial charge in [-0.1, -0.05) is 23.3 Å². The Morgan fingerprint density at radius 2 is 1.70 bits per heavy atom. The van der Waals surface area contributed by atoms with Crippen molar-refractivity contribution in [3.05, 3.63) is 51.9 Å². The van der Waals surface area contributed by atoms with Gasteiger partial charge in [0.1, 0.15) is 23.3 Å². The third-order valence-electron chi connectivity index (χ3n) is 4.28. The molecule has 1 aromatic carbocycles. The van der Waals surface area contributed by atoms with E-state index in [1.807, 2.05) is 39.8 Å². The average Bonchev–Trinajstić information content (AvgIpc) is 2.63. The van der Waals surface area contributed by atoms with Crippen molar-refractivity contribution in [2.24, 2.45) is 0 Å². The summed E-state index contributed by atoms with van der Waals surface area (Å²) < 4.78 is 23.3. The summed E-state index contributed by atoms with van der Waals surface area (Å²) in [5.74, 6) is 1.03. The third-order valence-corrected chi connectivity index (χ3v) is 4.28. The molecule has 0 aliphatic heterocycles. The van der Waals surface area contributed by atoms with Crippen molar-refractivity contribution in [2.75, 3.05) is 6.61 Å². The van der Waals surface area contributed by atoms with Crippen molar-refractivity contribution in [1.82, 2.24) is 0 Å². The highest BCUT2D eigenvalue weighted by Gasteiger charge is 2.22. The summed E-state index contributed by atoms with van der Waals surface area (Å²) in [5, 5.41) is 0.608. The predicted molar refractivity (Wildman–Crippen MR) is 122 cm³/mol. The smallest absolute Gasteiger partial charge is 0.383 e. The number of hydrogen-bond acceptors (Lipinski definition) is 5. The SMILES string of the molecule is CC(C)=CCCC(C)=CCOc1c(OC(C)C)c(=O)oc2cccc(OC(C)C)c12. The Balaban J connectivity index is 2.43. The van der Waals surface area contributed by atoms with E-state index in [0.717, 1.165) is 12.8 Å². The molecule has 0 radical (unpaired) electrons. The second-order valence-corrected chi connectivity index (χ2v) is 8.19. The van der Waals surface area contributed by atoms with E-state index in [-0.39, 0.29) is 18.0 Å². The summed E-state index contributed by atoms with van der Waals surface area (Å²) in [6.07, 6.45) is 5.97. The van der Waals surface area contributed by atoms with Crippen molar-refractivity contribution >= 4 is 11.0 Å². The molecule has 30 heavy (non-hydrogen) atoms. The first-order chi connectivity index (χ1) is 14.2. The van der Waals surface area contributed by atoms with Gasteiger partial charge in [-0.15, -0.1) is 0 Å². The molecule has 0 amide bonds. The molecule has 5 heteroatoms. The number of benzene rings is 1. The summed E-state index contributed by atoms with van der Waals surface area (Å²) in [5.41, 5.74) is 2.39. The van der Waals surface area contributed by atoms with Crippen molar-refractivity contribution in [1.29, 1.82) is 0 Å². The lowest BCUT2D eigenvalue weighted by molar-refractivity contribution is 0.214. The topological polar surface area (TPSA) is 57.9 Å². The number of fused-ring (bicyclic) bond motifs is 1. The van der Waals surface area contributed by atoms with Crippen molar-refractivity contribution in [3.8, 4) is 17.2 Å². The van der Waals surface area contributed by atoms with E-state index in [1.165, 1.54) is 11.1 Å². The predicted octanol–water partition coefficient (Wildman–Crippen LogP) is 6.44. The van der Waals surface area contributed by atoms with Crippen molar-refractivity contribution in [3.63, 3.8) is 0 Å². The van der Waals surface area contributed by atoms with Gasteiger partial charge >= 0.3 is 5.63 Å². The first kappa shape index (κ1) is 23.6. The minimum absolute atomic E-state index is 0.0398. The molecule has 2 rings (SSSR count). The molecule has 1 heterocycles. The molecule has 2 aromatic rings. The number of allylic oxidation sites excluding steroid dienone is 3. The molecule has 0 N–H and O–H groups in total. The third kappa shape index (κ3) is 6.68. The van der Waals surface area contributed by atoms with E-state index in [1.54, 1.807) is 12.1 Å². The van der Waals surface area contributed by atoms with Gasteiger partial charge in [0.25, 0.3) is 0 Å². The van der Waals surface area contributed by atoms with Crippen LogP contribution in [0.2, 0.25) is 0 Å². The number of hydrogen-bond donors (Lipinski definition) is 0. The first-order valence-electron chi connectivity index (χ1n) is 10.5. The maximum Gasteiger partial charge on any atom is 0.383 e. The molecule has 0 aliphatic carbocycles.